The van der Waals surface area contributed by atoms with Crippen LogP contribution in [0.15, 0.2) is 6.07 Å². The van der Waals surface area contributed by atoms with E-state index in [0.717, 1.165) is 16.0 Å². The fourth-order valence-electron chi connectivity index (χ4n) is 6.18. The van der Waals surface area contributed by atoms with Crippen LogP contribution in [0.25, 0.3) is 11.1 Å². The van der Waals surface area contributed by atoms with Gasteiger partial charge in [-0.1, -0.05) is 0 Å². The molecule has 222 valence electrons. The number of halogens is 3. The molecule has 3 aliphatic rings. The summed E-state index contributed by atoms with van der Waals surface area (Å²) in [7, 11) is 0. The van der Waals surface area contributed by atoms with Crippen molar-refractivity contribution in [3.8, 4) is 16.9 Å². The molecule has 0 bridgehead atoms. The predicted molar refractivity (Wildman–Crippen MR) is 147 cm³/mol. The van der Waals surface area contributed by atoms with E-state index in [2.05, 4.69) is 5.32 Å². The summed E-state index contributed by atoms with van der Waals surface area (Å²) < 4.78 is 54.9. The third-order valence-electron chi connectivity index (χ3n) is 8.10. The van der Waals surface area contributed by atoms with Crippen LogP contribution < -0.4 is 10.1 Å². The number of hydrogen-bond donors (Lipinski definition) is 2. The van der Waals surface area contributed by atoms with E-state index in [1.54, 1.807) is 27.7 Å². The summed E-state index contributed by atoms with van der Waals surface area (Å²) in [6, 6.07) is 0.873. The van der Waals surface area contributed by atoms with Crippen molar-refractivity contribution in [2.24, 2.45) is 0 Å². The molecular weight excluding hydrogens is 539 g/mol. The minimum Gasteiger partial charge on any atom is -0.486 e. The number of benzene rings is 2. The third-order valence-corrected chi connectivity index (χ3v) is 8.10. The standard InChI is InChI=1S/C30H36F3N3O5/c1-15-19-12-36(28(39)35-9-7-30(32,33)14-35)13-20(19)16(2)23(26(27(37)38)41-29(4,5)6)22(15)18-11-21(31)25-24(17(18)3)34-8-10-40-25/h11,26,34H,7-10,12-14H2,1-6H3,(H,37,38)/t26-/m0/s1. The van der Waals surface area contributed by atoms with Crippen LogP contribution in [0.3, 0.4) is 0 Å². The molecule has 5 rings (SSSR count). The molecule has 2 aromatic rings. The van der Waals surface area contributed by atoms with Gasteiger partial charge in [-0.25, -0.2) is 22.8 Å². The molecule has 11 heteroatoms. The summed E-state index contributed by atoms with van der Waals surface area (Å²) in [4.78, 5) is 28.7. The second-order valence-corrected chi connectivity index (χ2v) is 12.1. The van der Waals surface area contributed by atoms with E-state index in [1.807, 2.05) is 13.8 Å². The Labute approximate surface area is 237 Å². The molecule has 1 atom stereocenters. The lowest BCUT2D eigenvalue weighted by Gasteiger charge is -2.31. The van der Waals surface area contributed by atoms with Gasteiger partial charge in [0.25, 0.3) is 5.92 Å². The molecular formula is C30H36F3N3O5. The van der Waals surface area contributed by atoms with E-state index in [4.69, 9.17) is 9.47 Å². The highest BCUT2D eigenvalue weighted by Gasteiger charge is 2.43. The number of rotatable bonds is 4. The molecule has 2 aromatic carbocycles. The van der Waals surface area contributed by atoms with Gasteiger partial charge < -0.3 is 29.7 Å². The molecule has 3 heterocycles. The highest BCUT2D eigenvalue weighted by molar-refractivity contribution is 5.88. The number of fused-ring (bicyclic) bond motifs is 2. The highest BCUT2D eigenvalue weighted by Crippen LogP contribution is 2.48. The number of carbonyl (C=O) groups is 2. The average Bonchev–Trinajstić information content (AvgIpc) is 3.50. The van der Waals surface area contributed by atoms with Crippen LogP contribution in [0.4, 0.5) is 23.7 Å². The van der Waals surface area contributed by atoms with E-state index in [1.165, 1.54) is 11.0 Å². The van der Waals surface area contributed by atoms with Crippen molar-refractivity contribution in [3.63, 3.8) is 0 Å². The number of carbonyl (C=O) groups excluding carboxylic acids is 1. The topological polar surface area (TPSA) is 91.3 Å². The van der Waals surface area contributed by atoms with Crippen LogP contribution in [0.2, 0.25) is 0 Å². The maximum atomic E-state index is 15.4. The maximum Gasteiger partial charge on any atom is 0.337 e. The molecule has 1 saturated heterocycles. The zero-order valence-corrected chi connectivity index (χ0v) is 24.2. The number of likely N-dealkylation sites (tertiary alicyclic amines) is 1. The number of nitrogens with zero attached hydrogens (tertiary/aromatic N) is 2. The zero-order valence-electron chi connectivity index (χ0n) is 24.2. The molecule has 0 saturated carbocycles. The number of aliphatic carboxylic acids is 1. The van der Waals surface area contributed by atoms with Crippen molar-refractivity contribution in [1.82, 2.24) is 9.80 Å². The number of ether oxygens (including phenoxy) is 2. The van der Waals surface area contributed by atoms with Crippen LogP contribution in [-0.4, -0.2) is 64.7 Å². The number of urea groups is 1. The first-order valence-corrected chi connectivity index (χ1v) is 13.8. The Bertz CT molecular complexity index is 1440. The number of carboxylic acid groups (broad SMARTS) is 1. The Morgan fingerprint density at radius 1 is 1.10 bits per heavy atom. The normalized spacial score (nSPS) is 18.5. The van der Waals surface area contributed by atoms with E-state index >= 15 is 4.39 Å². The molecule has 2 N–H and O–H groups in total. The first-order chi connectivity index (χ1) is 19.1. The van der Waals surface area contributed by atoms with Gasteiger partial charge in [0, 0.05) is 38.2 Å². The van der Waals surface area contributed by atoms with Gasteiger partial charge in [-0.2, -0.15) is 0 Å². The van der Waals surface area contributed by atoms with Crippen molar-refractivity contribution >= 4 is 17.7 Å². The quantitative estimate of drug-likeness (QED) is 0.469. The number of carboxylic acids is 1. The highest BCUT2D eigenvalue weighted by atomic mass is 19.3. The van der Waals surface area contributed by atoms with E-state index in [9.17, 15) is 23.5 Å². The van der Waals surface area contributed by atoms with E-state index in [0.29, 0.717) is 52.2 Å². The van der Waals surface area contributed by atoms with Crippen molar-refractivity contribution < 1.29 is 37.3 Å². The van der Waals surface area contributed by atoms with Crippen molar-refractivity contribution in [2.75, 3.05) is 31.6 Å². The van der Waals surface area contributed by atoms with Crippen LogP contribution >= 0.6 is 0 Å². The van der Waals surface area contributed by atoms with Gasteiger partial charge in [0.15, 0.2) is 17.7 Å². The predicted octanol–water partition coefficient (Wildman–Crippen LogP) is 5.94. The first-order valence-electron chi connectivity index (χ1n) is 13.8. The molecule has 0 unspecified atom stereocenters. The maximum absolute atomic E-state index is 15.4. The number of nitrogens with one attached hydrogen (secondary N) is 1. The van der Waals surface area contributed by atoms with Gasteiger partial charge in [0.05, 0.1) is 17.8 Å². The smallest absolute Gasteiger partial charge is 0.337 e. The van der Waals surface area contributed by atoms with Gasteiger partial charge in [0.1, 0.15) is 6.61 Å². The molecule has 0 spiro atoms. The monoisotopic (exact) mass is 575 g/mol. The molecule has 41 heavy (non-hydrogen) atoms. The Kier molecular flexibility index (Phi) is 7.16. The Balaban J connectivity index is 1.70. The Hall–Kier alpha value is -3.47. The van der Waals surface area contributed by atoms with E-state index in [-0.39, 0.29) is 31.8 Å². The number of amides is 2. The van der Waals surface area contributed by atoms with Gasteiger partial charge in [0.2, 0.25) is 0 Å². The van der Waals surface area contributed by atoms with Crippen LogP contribution in [-0.2, 0) is 22.6 Å². The zero-order chi connectivity index (χ0) is 30.0. The SMILES string of the molecule is Cc1c(-c2c(C)c3c(c(C)c2[C@H](OC(C)(C)C)C(=O)O)CN(C(=O)N2CCC(F)(F)C2)C3)cc(F)c2c1NCCO2. The molecule has 3 aliphatic heterocycles. The fraction of sp³-hybridized carbons (Fsp3) is 0.533. The minimum atomic E-state index is -2.92. The van der Waals surface area contributed by atoms with Gasteiger partial charge in [-0.15, -0.1) is 0 Å². The number of alkyl halides is 2. The number of anilines is 1. The largest absolute Gasteiger partial charge is 0.486 e. The van der Waals surface area contributed by atoms with Crippen molar-refractivity contribution in [1.29, 1.82) is 0 Å². The van der Waals surface area contributed by atoms with Crippen molar-refractivity contribution in [2.45, 2.75) is 78.7 Å². The molecule has 0 aliphatic carbocycles. The lowest BCUT2D eigenvalue weighted by atomic mass is 9.81. The second-order valence-electron chi connectivity index (χ2n) is 12.1. The summed E-state index contributed by atoms with van der Waals surface area (Å²) in [6.07, 6.45) is -1.77. The summed E-state index contributed by atoms with van der Waals surface area (Å²) in [5, 5.41) is 13.6. The fourth-order valence-corrected chi connectivity index (χ4v) is 6.18. The second kappa shape index (κ2) is 10.1. The summed E-state index contributed by atoms with van der Waals surface area (Å²) in [6.45, 7) is 11.2. The van der Waals surface area contributed by atoms with Crippen LogP contribution in [0, 0.1) is 26.6 Å². The Morgan fingerprint density at radius 2 is 1.76 bits per heavy atom. The number of hydrogen-bond acceptors (Lipinski definition) is 5. The van der Waals surface area contributed by atoms with E-state index < -0.39 is 42.0 Å². The average molecular weight is 576 g/mol. The summed E-state index contributed by atoms with van der Waals surface area (Å²) in [5.74, 6) is -4.58. The van der Waals surface area contributed by atoms with Crippen LogP contribution in [0.5, 0.6) is 5.75 Å². The van der Waals surface area contributed by atoms with Gasteiger partial charge >= 0.3 is 12.0 Å². The first kappa shape index (κ1) is 29.0. The lowest BCUT2D eigenvalue weighted by Crippen LogP contribution is -2.40. The molecule has 0 aromatic heterocycles. The van der Waals surface area contributed by atoms with Crippen LogP contribution in [0.1, 0.15) is 66.7 Å². The minimum absolute atomic E-state index is 0.0314. The van der Waals surface area contributed by atoms with Gasteiger partial charge in [-0.3, -0.25) is 0 Å². The lowest BCUT2D eigenvalue weighted by molar-refractivity contribution is -0.160. The third kappa shape index (κ3) is 5.20. The Morgan fingerprint density at radius 3 is 2.34 bits per heavy atom. The van der Waals surface area contributed by atoms with Gasteiger partial charge in [-0.05, 0) is 86.6 Å². The van der Waals surface area contributed by atoms with Crippen molar-refractivity contribution in [3.05, 3.63) is 45.3 Å². The summed E-state index contributed by atoms with van der Waals surface area (Å²) >= 11 is 0. The molecule has 1 fully saturated rings. The molecule has 0 radical (unpaired) electrons. The molecule has 2 amide bonds. The molecule has 8 nitrogen and oxygen atoms in total. The summed E-state index contributed by atoms with van der Waals surface area (Å²) in [5.41, 5.74) is 4.60.